The molecule has 0 heterocycles. The molecular weight excluding hydrogens is 943 g/mol. The van der Waals surface area contributed by atoms with Crippen molar-refractivity contribution in [2.45, 2.75) is 263 Å². The Balaban J connectivity index is 1.25. The van der Waals surface area contributed by atoms with Gasteiger partial charge in [0, 0.05) is 24.2 Å². The highest BCUT2D eigenvalue weighted by atomic mass is 32.2. The van der Waals surface area contributed by atoms with Gasteiger partial charge >= 0.3 is 11.9 Å². The van der Waals surface area contributed by atoms with Crippen molar-refractivity contribution in [2.24, 2.45) is 11.8 Å². The first-order valence-electron chi connectivity index (χ1n) is 30.2. The van der Waals surface area contributed by atoms with E-state index in [1.165, 1.54) is 152 Å². The van der Waals surface area contributed by atoms with Gasteiger partial charge in [-0.25, -0.2) is 0 Å². The number of nitrogens with one attached hydrogen (secondary N) is 1. The number of hydrogen-bond donors (Lipinski definition) is 1. The number of carbonyl (C=O) groups excluding carboxylic acids is 2. The standard InChI is InChI=1S/C63H107NO5S2Si/c1-6-8-10-26-42-57(68-61(65)54-36-20-12-13-21-37-54)52-70-50-34-18-24-40-56(41-25-19-35-51-71-53-58(43-27-11-9-7-2)69-62(66)55-38-22-14-15-23-39-55)64-48-32-33-49-67-72(63(3,4)5,59-44-28-16-29-45-59)60-46-30-17-31-47-60/h16-17,28-31,44-47,54-58,64H,6-15,18-27,32-43,48-53H2,1-5H3. The van der Waals surface area contributed by atoms with Gasteiger partial charge in [-0.2, -0.15) is 23.5 Å². The topological polar surface area (TPSA) is 73.9 Å². The van der Waals surface area contributed by atoms with Gasteiger partial charge in [0.05, 0.1) is 11.8 Å². The minimum Gasteiger partial charge on any atom is -0.461 e. The number of hydrogen-bond acceptors (Lipinski definition) is 8. The molecule has 9 heteroatoms. The second-order valence-electron chi connectivity index (χ2n) is 22.9. The smallest absolute Gasteiger partial charge is 0.309 e. The molecule has 2 aromatic carbocycles. The Kier molecular flexibility index (Phi) is 33.7. The molecule has 0 aromatic heterocycles. The molecule has 2 saturated carbocycles. The normalized spacial score (nSPS) is 16.7. The average Bonchev–Trinajstić information content (AvgIpc) is 3.85. The van der Waals surface area contributed by atoms with Crippen LogP contribution in [-0.2, 0) is 23.5 Å². The van der Waals surface area contributed by atoms with E-state index in [2.05, 4.69) is 101 Å². The third kappa shape index (κ3) is 24.9. The van der Waals surface area contributed by atoms with Crippen LogP contribution in [-0.4, -0.2) is 74.7 Å². The molecule has 4 rings (SSSR count). The zero-order valence-electron chi connectivity index (χ0n) is 46.9. The van der Waals surface area contributed by atoms with Crippen molar-refractivity contribution in [3.05, 3.63) is 60.7 Å². The van der Waals surface area contributed by atoms with Crippen molar-refractivity contribution in [3.63, 3.8) is 0 Å². The first kappa shape index (κ1) is 62.8. The van der Waals surface area contributed by atoms with Gasteiger partial charge in [-0.1, -0.05) is 211 Å². The molecule has 2 fully saturated rings. The summed E-state index contributed by atoms with van der Waals surface area (Å²) < 4.78 is 19.8. The molecule has 2 atom stereocenters. The molecule has 0 saturated heterocycles. The summed E-state index contributed by atoms with van der Waals surface area (Å²) in [6, 6.07) is 22.6. The largest absolute Gasteiger partial charge is 0.461 e. The molecule has 72 heavy (non-hydrogen) atoms. The minimum absolute atomic E-state index is 0.0102. The van der Waals surface area contributed by atoms with Gasteiger partial charge in [-0.3, -0.25) is 9.59 Å². The van der Waals surface area contributed by atoms with Crippen molar-refractivity contribution in [2.75, 3.05) is 36.2 Å². The van der Waals surface area contributed by atoms with Gasteiger partial charge < -0.3 is 19.2 Å². The van der Waals surface area contributed by atoms with Crippen LogP contribution in [0.15, 0.2) is 60.7 Å². The fourth-order valence-corrected chi connectivity index (χ4v) is 18.1. The van der Waals surface area contributed by atoms with Crippen LogP contribution in [0.2, 0.25) is 5.04 Å². The third-order valence-corrected chi connectivity index (χ3v) is 23.1. The average molecular weight is 1050 g/mol. The summed E-state index contributed by atoms with van der Waals surface area (Å²) in [4.78, 5) is 26.5. The van der Waals surface area contributed by atoms with Gasteiger partial charge in [0.15, 0.2) is 0 Å². The van der Waals surface area contributed by atoms with Crippen molar-refractivity contribution < 1.29 is 23.5 Å². The van der Waals surface area contributed by atoms with Gasteiger partial charge in [-0.15, -0.1) is 0 Å². The SMILES string of the molecule is CCCCCCC(CSCCCCCC(CCCCCSCC(CCCCCC)OC(=O)C1CCCCCC1)NCCCCO[Si](c1ccccc1)(c1ccccc1)C(C)(C)C)OC(=O)C1CCCCCC1. The summed E-state index contributed by atoms with van der Waals surface area (Å²) in [6.07, 6.45) is 37.8. The molecule has 410 valence electrons. The Morgan fingerprint density at radius 1 is 0.542 bits per heavy atom. The fraction of sp³-hybridized carbons (Fsp3) is 0.778. The van der Waals surface area contributed by atoms with Crippen LogP contribution >= 0.6 is 23.5 Å². The Labute approximate surface area is 452 Å². The maximum atomic E-state index is 13.2. The van der Waals surface area contributed by atoms with E-state index in [0.717, 1.165) is 100 Å². The lowest BCUT2D eigenvalue weighted by Crippen LogP contribution is -2.66. The van der Waals surface area contributed by atoms with Crippen molar-refractivity contribution in [3.8, 4) is 0 Å². The highest BCUT2D eigenvalue weighted by Gasteiger charge is 2.50. The van der Waals surface area contributed by atoms with Gasteiger partial charge in [0.2, 0.25) is 0 Å². The Morgan fingerprint density at radius 3 is 1.38 bits per heavy atom. The quantitative estimate of drug-likeness (QED) is 0.0307. The number of rotatable bonds is 39. The molecule has 2 aliphatic carbocycles. The lowest BCUT2D eigenvalue weighted by atomic mass is 10.0. The number of carbonyl (C=O) groups is 2. The molecule has 2 aliphatic rings. The second kappa shape index (κ2) is 38.7. The van der Waals surface area contributed by atoms with Crippen LogP contribution in [0.1, 0.15) is 240 Å². The van der Waals surface area contributed by atoms with Crippen LogP contribution in [0.3, 0.4) is 0 Å². The van der Waals surface area contributed by atoms with Gasteiger partial charge in [-0.05, 0) is 123 Å². The van der Waals surface area contributed by atoms with E-state index in [1.54, 1.807) is 0 Å². The van der Waals surface area contributed by atoms with Crippen molar-refractivity contribution in [1.82, 2.24) is 5.32 Å². The molecule has 2 aromatic rings. The lowest BCUT2D eigenvalue weighted by Gasteiger charge is -2.43. The van der Waals surface area contributed by atoms with E-state index in [1.807, 2.05) is 23.5 Å². The first-order chi connectivity index (χ1) is 35.2. The van der Waals surface area contributed by atoms with Crippen molar-refractivity contribution >= 4 is 54.2 Å². The van der Waals surface area contributed by atoms with Crippen LogP contribution in [0.25, 0.3) is 0 Å². The van der Waals surface area contributed by atoms with Gasteiger partial charge in [0.25, 0.3) is 8.32 Å². The van der Waals surface area contributed by atoms with Crippen LogP contribution < -0.4 is 15.7 Å². The summed E-state index contributed by atoms with van der Waals surface area (Å²) >= 11 is 4.02. The summed E-state index contributed by atoms with van der Waals surface area (Å²) in [5, 5.41) is 6.74. The Morgan fingerprint density at radius 2 is 0.958 bits per heavy atom. The molecule has 2 unspecified atom stereocenters. The number of unbranched alkanes of at least 4 members (excludes halogenated alkanes) is 11. The van der Waals surface area contributed by atoms with E-state index in [-0.39, 0.29) is 41.0 Å². The molecule has 0 aliphatic heterocycles. The van der Waals surface area contributed by atoms with Crippen LogP contribution in [0.5, 0.6) is 0 Å². The Bertz CT molecular complexity index is 1520. The molecule has 1 N–H and O–H groups in total. The number of thioether (sulfide) groups is 2. The van der Waals surface area contributed by atoms with E-state index < -0.39 is 8.32 Å². The molecule has 0 radical (unpaired) electrons. The van der Waals surface area contributed by atoms with Crippen LogP contribution in [0.4, 0.5) is 0 Å². The highest BCUT2D eigenvalue weighted by molar-refractivity contribution is 7.99. The summed E-state index contributed by atoms with van der Waals surface area (Å²) in [5.41, 5.74) is 0. The maximum Gasteiger partial charge on any atom is 0.309 e. The highest BCUT2D eigenvalue weighted by Crippen LogP contribution is 2.37. The van der Waals surface area contributed by atoms with E-state index in [0.29, 0.717) is 6.04 Å². The minimum atomic E-state index is -2.53. The van der Waals surface area contributed by atoms with E-state index >= 15 is 0 Å². The van der Waals surface area contributed by atoms with Crippen LogP contribution in [0, 0.1) is 11.8 Å². The zero-order chi connectivity index (χ0) is 51.4. The van der Waals surface area contributed by atoms with Crippen molar-refractivity contribution in [1.29, 1.82) is 0 Å². The van der Waals surface area contributed by atoms with E-state index in [4.69, 9.17) is 13.9 Å². The summed E-state index contributed by atoms with van der Waals surface area (Å²) in [6.45, 7) is 13.4. The summed E-state index contributed by atoms with van der Waals surface area (Å²) in [5.74, 6) is 4.59. The fourth-order valence-electron chi connectivity index (χ4n) is 11.3. The molecule has 0 spiro atoms. The Hall–Kier alpha value is -1.78. The number of esters is 2. The molecular formula is C63H107NO5S2Si. The third-order valence-electron chi connectivity index (χ3n) is 15.7. The number of ether oxygens (including phenoxy) is 2. The zero-order valence-corrected chi connectivity index (χ0v) is 49.5. The number of benzene rings is 2. The monoisotopic (exact) mass is 1050 g/mol. The molecule has 0 bridgehead atoms. The molecule has 0 amide bonds. The molecule has 6 nitrogen and oxygen atoms in total. The predicted octanol–water partition coefficient (Wildman–Crippen LogP) is 16.6. The van der Waals surface area contributed by atoms with E-state index in [9.17, 15) is 9.59 Å². The first-order valence-corrected chi connectivity index (χ1v) is 34.4. The second-order valence-corrected chi connectivity index (χ2v) is 29.5. The summed E-state index contributed by atoms with van der Waals surface area (Å²) in [7, 11) is -2.53. The maximum absolute atomic E-state index is 13.2. The lowest BCUT2D eigenvalue weighted by molar-refractivity contribution is -0.154. The van der Waals surface area contributed by atoms with Gasteiger partial charge in [0.1, 0.15) is 12.2 Å². The predicted molar refractivity (Wildman–Crippen MR) is 316 cm³/mol.